The minimum Gasteiger partial charge on any atom is -0.393 e. The molecule has 1 aromatic rings. The fraction of sp³-hybridized carbons (Fsp3) is 0.562. The van der Waals surface area contributed by atoms with E-state index in [0.29, 0.717) is 18.0 Å². The molecule has 20 heavy (non-hydrogen) atoms. The first-order valence-corrected chi connectivity index (χ1v) is 7.15. The van der Waals surface area contributed by atoms with E-state index < -0.39 is 0 Å². The first-order chi connectivity index (χ1) is 9.60. The summed E-state index contributed by atoms with van der Waals surface area (Å²) in [4.78, 5) is 2.10. The van der Waals surface area contributed by atoms with Gasteiger partial charge in [-0.15, -0.1) is 0 Å². The number of rotatable bonds is 4. The van der Waals surface area contributed by atoms with Crippen LogP contribution in [0.5, 0.6) is 0 Å². The number of halogens is 1. The summed E-state index contributed by atoms with van der Waals surface area (Å²) in [6.45, 7) is 1.41. The molecule has 1 aliphatic carbocycles. The van der Waals surface area contributed by atoms with E-state index in [2.05, 4.69) is 4.90 Å². The third-order valence-electron chi connectivity index (χ3n) is 4.05. The van der Waals surface area contributed by atoms with Gasteiger partial charge in [-0.05, 0) is 43.5 Å². The summed E-state index contributed by atoms with van der Waals surface area (Å²) in [6, 6.07) is 6.37. The maximum atomic E-state index is 13.1. The van der Waals surface area contributed by atoms with E-state index in [1.54, 1.807) is 6.07 Å². The van der Waals surface area contributed by atoms with Gasteiger partial charge in [0.2, 0.25) is 0 Å². The summed E-state index contributed by atoms with van der Waals surface area (Å²) in [7, 11) is 1.98. The van der Waals surface area contributed by atoms with Crippen LogP contribution in [0.4, 0.5) is 4.39 Å². The second-order valence-corrected chi connectivity index (χ2v) is 5.72. The van der Waals surface area contributed by atoms with E-state index in [9.17, 15) is 9.50 Å². The molecule has 108 valence electrons. The third-order valence-corrected chi connectivity index (χ3v) is 4.05. The molecule has 0 heterocycles. The predicted molar refractivity (Wildman–Crippen MR) is 75.4 cm³/mol. The van der Waals surface area contributed by atoms with Crippen molar-refractivity contribution in [2.24, 2.45) is 5.92 Å². The van der Waals surface area contributed by atoms with Gasteiger partial charge in [0.05, 0.1) is 17.7 Å². The molecule has 0 aliphatic heterocycles. The lowest BCUT2D eigenvalue weighted by atomic mass is 9.86. The zero-order chi connectivity index (χ0) is 14.5. The maximum Gasteiger partial charge on any atom is 0.124 e. The molecule has 4 heteroatoms. The van der Waals surface area contributed by atoms with Gasteiger partial charge in [0.15, 0.2) is 0 Å². The van der Waals surface area contributed by atoms with Gasteiger partial charge >= 0.3 is 0 Å². The van der Waals surface area contributed by atoms with Crippen molar-refractivity contribution in [1.82, 2.24) is 4.90 Å². The molecule has 2 unspecified atom stereocenters. The van der Waals surface area contributed by atoms with Crippen LogP contribution in [0.1, 0.15) is 36.8 Å². The topological polar surface area (TPSA) is 47.3 Å². The SMILES string of the molecule is CN(Cc1ccc(F)cc1C#N)CC1CCCCC1O. The highest BCUT2D eigenvalue weighted by atomic mass is 19.1. The van der Waals surface area contributed by atoms with Gasteiger partial charge in [-0.3, -0.25) is 0 Å². The Bertz CT molecular complexity index is 498. The van der Waals surface area contributed by atoms with Crippen LogP contribution in [0, 0.1) is 23.1 Å². The quantitative estimate of drug-likeness (QED) is 0.919. The first kappa shape index (κ1) is 15.0. The molecule has 0 amide bonds. The van der Waals surface area contributed by atoms with E-state index in [0.717, 1.165) is 31.4 Å². The number of nitriles is 1. The fourth-order valence-corrected chi connectivity index (χ4v) is 2.95. The van der Waals surface area contributed by atoms with Crippen LogP contribution in [-0.2, 0) is 6.54 Å². The van der Waals surface area contributed by atoms with Crippen LogP contribution >= 0.6 is 0 Å². The highest BCUT2D eigenvalue weighted by Crippen LogP contribution is 2.25. The number of aliphatic hydroxyl groups is 1. The average molecular weight is 276 g/mol. The number of hydrogen-bond donors (Lipinski definition) is 1. The van der Waals surface area contributed by atoms with Crippen LogP contribution in [-0.4, -0.2) is 29.7 Å². The smallest absolute Gasteiger partial charge is 0.124 e. The van der Waals surface area contributed by atoms with Gasteiger partial charge in [-0.2, -0.15) is 5.26 Å². The summed E-state index contributed by atoms with van der Waals surface area (Å²) in [5, 5.41) is 19.0. The number of nitrogens with zero attached hydrogens (tertiary/aromatic N) is 2. The second-order valence-electron chi connectivity index (χ2n) is 5.72. The fourth-order valence-electron chi connectivity index (χ4n) is 2.95. The normalized spacial score (nSPS) is 22.8. The number of hydrogen-bond acceptors (Lipinski definition) is 3. The summed E-state index contributed by atoms with van der Waals surface area (Å²) in [5.41, 5.74) is 1.22. The molecule has 0 spiro atoms. The van der Waals surface area contributed by atoms with Crippen molar-refractivity contribution in [2.45, 2.75) is 38.3 Å². The van der Waals surface area contributed by atoms with Gasteiger partial charge in [0.25, 0.3) is 0 Å². The lowest BCUT2D eigenvalue weighted by Crippen LogP contribution is -2.34. The number of aliphatic hydroxyl groups excluding tert-OH is 1. The van der Waals surface area contributed by atoms with Gasteiger partial charge in [0.1, 0.15) is 5.82 Å². The zero-order valence-electron chi connectivity index (χ0n) is 11.8. The summed E-state index contributed by atoms with van der Waals surface area (Å²) in [5.74, 6) is -0.0737. The first-order valence-electron chi connectivity index (χ1n) is 7.15. The average Bonchev–Trinajstić information content (AvgIpc) is 2.43. The van der Waals surface area contributed by atoms with Gasteiger partial charge in [0, 0.05) is 13.1 Å². The van der Waals surface area contributed by atoms with Crippen LogP contribution in [0.15, 0.2) is 18.2 Å². The van der Waals surface area contributed by atoms with E-state index in [4.69, 9.17) is 5.26 Å². The molecule has 2 atom stereocenters. The Kier molecular flexibility index (Phi) is 5.11. The molecule has 1 aliphatic rings. The molecule has 0 bridgehead atoms. The van der Waals surface area contributed by atoms with E-state index in [1.165, 1.54) is 18.6 Å². The van der Waals surface area contributed by atoms with Crippen molar-refractivity contribution in [1.29, 1.82) is 5.26 Å². The molecule has 1 saturated carbocycles. The molecule has 0 aromatic heterocycles. The van der Waals surface area contributed by atoms with Gasteiger partial charge in [-0.1, -0.05) is 18.9 Å². The Morgan fingerprint density at radius 2 is 2.15 bits per heavy atom. The van der Waals surface area contributed by atoms with Gasteiger partial charge in [-0.25, -0.2) is 4.39 Å². The standard InChI is InChI=1S/C16H21FN2O/c1-19(11-13-4-2-3-5-16(13)20)10-12-6-7-15(17)8-14(12)9-18/h6-8,13,16,20H,2-5,10-11H2,1H3. The molecular weight excluding hydrogens is 255 g/mol. The van der Waals surface area contributed by atoms with Crippen molar-refractivity contribution < 1.29 is 9.50 Å². The van der Waals surface area contributed by atoms with Crippen molar-refractivity contribution in [3.8, 4) is 6.07 Å². The zero-order valence-corrected chi connectivity index (χ0v) is 11.8. The maximum absolute atomic E-state index is 13.1. The van der Waals surface area contributed by atoms with Crippen LogP contribution < -0.4 is 0 Å². The second kappa shape index (κ2) is 6.83. The Balaban J connectivity index is 1.97. The van der Waals surface area contributed by atoms with Crippen molar-refractivity contribution in [2.75, 3.05) is 13.6 Å². The van der Waals surface area contributed by atoms with Crippen LogP contribution in [0.2, 0.25) is 0 Å². The summed E-state index contributed by atoms with van der Waals surface area (Å²) >= 11 is 0. The third kappa shape index (κ3) is 3.78. The Hall–Kier alpha value is -1.44. The summed E-state index contributed by atoms with van der Waals surface area (Å²) < 4.78 is 13.1. The molecule has 2 rings (SSSR count). The van der Waals surface area contributed by atoms with Crippen LogP contribution in [0.3, 0.4) is 0 Å². The highest BCUT2D eigenvalue weighted by Gasteiger charge is 2.24. The molecule has 0 radical (unpaired) electrons. The Morgan fingerprint density at radius 1 is 1.40 bits per heavy atom. The molecule has 1 fully saturated rings. The number of benzene rings is 1. The van der Waals surface area contributed by atoms with Crippen molar-refractivity contribution in [3.63, 3.8) is 0 Å². The van der Waals surface area contributed by atoms with E-state index in [-0.39, 0.29) is 11.9 Å². The van der Waals surface area contributed by atoms with Crippen molar-refractivity contribution >= 4 is 0 Å². The van der Waals surface area contributed by atoms with Gasteiger partial charge < -0.3 is 10.0 Å². The predicted octanol–water partition coefficient (Wildman–Crippen LogP) is 2.68. The minimum absolute atomic E-state index is 0.213. The lowest BCUT2D eigenvalue weighted by Gasteiger charge is -2.31. The lowest BCUT2D eigenvalue weighted by molar-refractivity contribution is 0.0501. The van der Waals surface area contributed by atoms with E-state index in [1.807, 2.05) is 13.1 Å². The molecule has 0 saturated heterocycles. The molecule has 3 nitrogen and oxygen atoms in total. The highest BCUT2D eigenvalue weighted by molar-refractivity contribution is 5.37. The molecular formula is C16H21FN2O. The van der Waals surface area contributed by atoms with Crippen LogP contribution in [0.25, 0.3) is 0 Å². The molecule has 1 N–H and O–H groups in total. The monoisotopic (exact) mass is 276 g/mol. The Labute approximate surface area is 119 Å². The summed E-state index contributed by atoms with van der Waals surface area (Å²) in [6.07, 6.45) is 4.02. The minimum atomic E-state index is -0.379. The van der Waals surface area contributed by atoms with Crippen molar-refractivity contribution in [3.05, 3.63) is 35.1 Å². The largest absolute Gasteiger partial charge is 0.393 e. The molecule has 1 aromatic carbocycles. The van der Waals surface area contributed by atoms with E-state index >= 15 is 0 Å². The Morgan fingerprint density at radius 3 is 2.85 bits per heavy atom.